The molecule has 2 atom stereocenters. The van der Waals surface area contributed by atoms with Crippen LogP contribution in [0.4, 0.5) is 0 Å². The summed E-state index contributed by atoms with van der Waals surface area (Å²) in [5.41, 5.74) is 0. The smallest absolute Gasteiger partial charge is 0.0586 e. The van der Waals surface area contributed by atoms with Gasteiger partial charge < -0.3 is 5.11 Å². The van der Waals surface area contributed by atoms with E-state index >= 15 is 0 Å². The van der Waals surface area contributed by atoms with Crippen LogP contribution in [-0.2, 0) is 0 Å². The normalized spacial score (nSPS) is 32.8. The van der Waals surface area contributed by atoms with Gasteiger partial charge in [-0.3, -0.25) is 4.90 Å². The number of aliphatic hydroxyl groups is 1. The molecule has 1 saturated heterocycles. The standard InChI is InChI=1S/C15H29NO/c1-2-13-8-9-15(12-17)16(10-13)11-14-6-4-3-5-7-14/h13-15,17H,2-12H2,1H3/t13-,15-/m1/s1. The maximum Gasteiger partial charge on any atom is 0.0586 e. The van der Waals surface area contributed by atoms with Gasteiger partial charge in [0.2, 0.25) is 0 Å². The minimum atomic E-state index is 0.364. The highest BCUT2D eigenvalue weighted by Gasteiger charge is 2.28. The largest absolute Gasteiger partial charge is 0.395 e. The van der Waals surface area contributed by atoms with Crippen LogP contribution in [-0.4, -0.2) is 35.7 Å². The van der Waals surface area contributed by atoms with Crippen LogP contribution in [0.25, 0.3) is 0 Å². The zero-order valence-corrected chi connectivity index (χ0v) is 11.4. The molecule has 2 heteroatoms. The van der Waals surface area contributed by atoms with E-state index in [0.717, 1.165) is 11.8 Å². The van der Waals surface area contributed by atoms with Crippen LogP contribution in [0.1, 0.15) is 58.3 Å². The molecule has 0 bridgehead atoms. The van der Waals surface area contributed by atoms with Crippen molar-refractivity contribution < 1.29 is 5.11 Å². The molecular formula is C15H29NO. The fourth-order valence-electron chi connectivity index (χ4n) is 3.65. The number of hydrogen-bond donors (Lipinski definition) is 1. The highest BCUT2D eigenvalue weighted by Crippen LogP contribution is 2.29. The molecule has 0 amide bonds. The third-order valence-corrected chi connectivity index (χ3v) is 4.92. The molecule has 17 heavy (non-hydrogen) atoms. The monoisotopic (exact) mass is 239 g/mol. The van der Waals surface area contributed by atoms with Gasteiger partial charge in [0.1, 0.15) is 0 Å². The van der Waals surface area contributed by atoms with Gasteiger partial charge in [0.25, 0.3) is 0 Å². The maximum atomic E-state index is 9.51. The van der Waals surface area contributed by atoms with Crippen LogP contribution in [0, 0.1) is 11.8 Å². The van der Waals surface area contributed by atoms with E-state index in [1.165, 1.54) is 64.5 Å². The summed E-state index contributed by atoms with van der Waals surface area (Å²) in [4.78, 5) is 2.60. The molecule has 1 heterocycles. The van der Waals surface area contributed by atoms with E-state index < -0.39 is 0 Å². The lowest BCUT2D eigenvalue weighted by atomic mass is 9.86. The Morgan fingerprint density at radius 3 is 2.41 bits per heavy atom. The fraction of sp³-hybridized carbons (Fsp3) is 1.00. The molecule has 100 valence electrons. The van der Waals surface area contributed by atoms with Gasteiger partial charge in [0.15, 0.2) is 0 Å². The average molecular weight is 239 g/mol. The van der Waals surface area contributed by atoms with E-state index in [4.69, 9.17) is 0 Å². The Bertz CT molecular complexity index is 213. The van der Waals surface area contributed by atoms with Crippen LogP contribution in [0.5, 0.6) is 0 Å². The van der Waals surface area contributed by atoms with Crippen molar-refractivity contribution in [3.63, 3.8) is 0 Å². The van der Waals surface area contributed by atoms with E-state index in [1.807, 2.05) is 0 Å². The number of likely N-dealkylation sites (tertiary alicyclic amines) is 1. The van der Waals surface area contributed by atoms with Crippen molar-refractivity contribution in [3.8, 4) is 0 Å². The number of nitrogens with zero attached hydrogens (tertiary/aromatic N) is 1. The lowest BCUT2D eigenvalue weighted by Gasteiger charge is -2.41. The van der Waals surface area contributed by atoms with Gasteiger partial charge in [-0.1, -0.05) is 32.6 Å². The second-order valence-corrected chi connectivity index (χ2v) is 6.15. The summed E-state index contributed by atoms with van der Waals surface area (Å²) in [5, 5.41) is 9.51. The van der Waals surface area contributed by atoms with Crippen LogP contribution in [0.3, 0.4) is 0 Å². The zero-order valence-electron chi connectivity index (χ0n) is 11.4. The Kier molecular flexibility index (Phi) is 5.30. The molecule has 0 spiro atoms. The van der Waals surface area contributed by atoms with Crippen LogP contribution in [0.15, 0.2) is 0 Å². The quantitative estimate of drug-likeness (QED) is 0.815. The summed E-state index contributed by atoms with van der Waals surface area (Å²) < 4.78 is 0. The summed E-state index contributed by atoms with van der Waals surface area (Å²) in [5.74, 6) is 1.79. The Hall–Kier alpha value is -0.0800. The predicted octanol–water partition coefficient (Wildman–Crippen LogP) is 3.05. The first-order valence-corrected chi connectivity index (χ1v) is 7.68. The maximum absolute atomic E-state index is 9.51. The number of hydrogen-bond acceptors (Lipinski definition) is 2. The van der Waals surface area contributed by atoms with Gasteiger partial charge in [-0.15, -0.1) is 0 Å². The second kappa shape index (κ2) is 6.75. The summed E-state index contributed by atoms with van der Waals surface area (Å²) in [6.07, 6.45) is 11.0. The molecular weight excluding hydrogens is 210 g/mol. The summed E-state index contributed by atoms with van der Waals surface area (Å²) in [6.45, 7) is 5.16. The molecule has 0 aromatic rings. The molecule has 2 nitrogen and oxygen atoms in total. The van der Waals surface area contributed by atoms with E-state index in [0.29, 0.717) is 12.6 Å². The molecule has 2 aliphatic rings. The van der Waals surface area contributed by atoms with Gasteiger partial charge in [0, 0.05) is 19.1 Å². The van der Waals surface area contributed by atoms with Gasteiger partial charge >= 0.3 is 0 Å². The molecule has 1 N–H and O–H groups in total. The lowest BCUT2D eigenvalue weighted by Crippen LogP contribution is -2.47. The highest BCUT2D eigenvalue weighted by molar-refractivity contribution is 4.83. The molecule has 0 aromatic carbocycles. The predicted molar refractivity (Wildman–Crippen MR) is 72.0 cm³/mol. The molecule has 0 aromatic heterocycles. The molecule has 0 radical (unpaired) electrons. The van der Waals surface area contributed by atoms with E-state index in [-0.39, 0.29) is 0 Å². The molecule has 2 rings (SSSR count). The number of rotatable bonds is 4. The minimum Gasteiger partial charge on any atom is -0.395 e. The van der Waals surface area contributed by atoms with Gasteiger partial charge in [-0.05, 0) is 37.5 Å². The third kappa shape index (κ3) is 3.69. The van der Waals surface area contributed by atoms with Crippen molar-refractivity contribution in [2.75, 3.05) is 19.7 Å². The summed E-state index contributed by atoms with van der Waals surface area (Å²) >= 11 is 0. The Morgan fingerprint density at radius 1 is 1.00 bits per heavy atom. The Labute approximate surface area is 106 Å². The van der Waals surface area contributed by atoms with E-state index in [1.54, 1.807) is 0 Å². The lowest BCUT2D eigenvalue weighted by molar-refractivity contribution is 0.0446. The summed E-state index contributed by atoms with van der Waals surface area (Å²) in [7, 11) is 0. The third-order valence-electron chi connectivity index (χ3n) is 4.92. The SMILES string of the molecule is CC[C@@H]1CC[C@H](CO)N(CC2CCCCC2)C1. The van der Waals surface area contributed by atoms with Crippen LogP contribution >= 0.6 is 0 Å². The van der Waals surface area contributed by atoms with Crippen molar-refractivity contribution in [1.29, 1.82) is 0 Å². The van der Waals surface area contributed by atoms with E-state index in [2.05, 4.69) is 11.8 Å². The van der Waals surface area contributed by atoms with Crippen molar-refractivity contribution >= 4 is 0 Å². The minimum absolute atomic E-state index is 0.364. The summed E-state index contributed by atoms with van der Waals surface area (Å²) in [6, 6.07) is 0.458. The van der Waals surface area contributed by atoms with Crippen molar-refractivity contribution in [3.05, 3.63) is 0 Å². The van der Waals surface area contributed by atoms with Crippen molar-refractivity contribution in [2.24, 2.45) is 11.8 Å². The van der Waals surface area contributed by atoms with E-state index in [9.17, 15) is 5.11 Å². The Balaban J connectivity index is 1.85. The first-order chi connectivity index (χ1) is 8.33. The molecule has 0 unspecified atom stereocenters. The first kappa shape index (κ1) is 13.4. The van der Waals surface area contributed by atoms with Crippen molar-refractivity contribution in [2.45, 2.75) is 64.3 Å². The van der Waals surface area contributed by atoms with Gasteiger partial charge in [-0.2, -0.15) is 0 Å². The van der Waals surface area contributed by atoms with Crippen LogP contribution in [0.2, 0.25) is 0 Å². The topological polar surface area (TPSA) is 23.5 Å². The molecule has 2 fully saturated rings. The average Bonchev–Trinajstić information content (AvgIpc) is 2.40. The van der Waals surface area contributed by atoms with Crippen molar-refractivity contribution in [1.82, 2.24) is 4.90 Å². The van der Waals surface area contributed by atoms with Crippen LogP contribution < -0.4 is 0 Å². The molecule has 1 aliphatic carbocycles. The Morgan fingerprint density at radius 2 is 1.76 bits per heavy atom. The highest BCUT2D eigenvalue weighted by atomic mass is 16.3. The van der Waals surface area contributed by atoms with Gasteiger partial charge in [0.05, 0.1) is 6.61 Å². The fourth-order valence-corrected chi connectivity index (χ4v) is 3.65. The van der Waals surface area contributed by atoms with Gasteiger partial charge in [-0.25, -0.2) is 0 Å². The number of piperidine rings is 1. The molecule has 1 saturated carbocycles. The number of aliphatic hydroxyl groups excluding tert-OH is 1. The first-order valence-electron chi connectivity index (χ1n) is 7.68. The second-order valence-electron chi connectivity index (χ2n) is 6.15. The zero-order chi connectivity index (χ0) is 12.1. The molecule has 1 aliphatic heterocycles.